The molecular weight excluding hydrogens is 232 g/mol. The summed E-state index contributed by atoms with van der Waals surface area (Å²) in [6, 6.07) is 2.41. The highest BCUT2D eigenvalue weighted by Gasteiger charge is 2.40. The molecule has 0 aromatic heterocycles. The van der Waals surface area contributed by atoms with Crippen molar-refractivity contribution in [2.24, 2.45) is 17.8 Å². The molecule has 1 N–H and O–H groups in total. The van der Waals surface area contributed by atoms with Gasteiger partial charge in [-0.2, -0.15) is 0 Å². The summed E-state index contributed by atoms with van der Waals surface area (Å²) in [6.45, 7) is 9.75. The molecular formula is C17H32N2. The topological polar surface area (TPSA) is 15.3 Å². The smallest absolute Gasteiger partial charge is 0.0247 e. The Kier molecular flexibility index (Phi) is 4.19. The molecule has 2 heteroatoms. The van der Waals surface area contributed by atoms with Crippen molar-refractivity contribution in [3.05, 3.63) is 0 Å². The van der Waals surface area contributed by atoms with Crippen molar-refractivity contribution in [2.75, 3.05) is 13.1 Å². The van der Waals surface area contributed by atoms with Crippen LogP contribution in [0.1, 0.15) is 59.3 Å². The van der Waals surface area contributed by atoms with Crippen LogP contribution in [0.25, 0.3) is 0 Å². The minimum Gasteiger partial charge on any atom is -0.311 e. The summed E-state index contributed by atoms with van der Waals surface area (Å²) in [6.07, 6.45) is 8.75. The maximum Gasteiger partial charge on any atom is 0.0247 e. The van der Waals surface area contributed by atoms with Gasteiger partial charge in [-0.25, -0.2) is 0 Å². The van der Waals surface area contributed by atoms with E-state index in [1.807, 2.05) is 0 Å². The van der Waals surface area contributed by atoms with Gasteiger partial charge in [-0.15, -0.1) is 0 Å². The zero-order chi connectivity index (χ0) is 13.4. The summed E-state index contributed by atoms with van der Waals surface area (Å²) < 4.78 is 0. The van der Waals surface area contributed by atoms with Crippen LogP contribution in [0.2, 0.25) is 0 Å². The predicted molar refractivity (Wildman–Crippen MR) is 81.3 cm³/mol. The first kappa shape index (κ1) is 13.9. The molecule has 3 atom stereocenters. The third-order valence-corrected chi connectivity index (χ3v) is 5.63. The van der Waals surface area contributed by atoms with E-state index in [1.54, 1.807) is 0 Å². The Labute approximate surface area is 119 Å². The van der Waals surface area contributed by atoms with Crippen molar-refractivity contribution in [3.8, 4) is 0 Å². The lowest BCUT2D eigenvalue weighted by Gasteiger charge is -2.46. The summed E-state index contributed by atoms with van der Waals surface area (Å²) in [5.74, 6) is 2.84. The average molecular weight is 264 g/mol. The number of nitrogens with zero attached hydrogens (tertiary/aromatic N) is 1. The summed E-state index contributed by atoms with van der Waals surface area (Å²) in [5, 5.41) is 3.85. The lowest BCUT2D eigenvalue weighted by molar-refractivity contribution is 0.0430. The molecule has 0 amide bonds. The molecule has 0 radical (unpaired) electrons. The molecule has 0 aromatic carbocycles. The van der Waals surface area contributed by atoms with Crippen LogP contribution in [0.4, 0.5) is 0 Å². The molecule has 2 aliphatic carbocycles. The summed E-state index contributed by atoms with van der Waals surface area (Å²) >= 11 is 0. The molecule has 3 rings (SSSR count). The number of hydrogen-bond acceptors (Lipinski definition) is 2. The molecule has 0 aromatic rings. The zero-order valence-electron chi connectivity index (χ0n) is 13.1. The van der Waals surface area contributed by atoms with E-state index in [9.17, 15) is 0 Å². The third kappa shape index (κ3) is 3.33. The van der Waals surface area contributed by atoms with Crippen LogP contribution in [0.5, 0.6) is 0 Å². The molecule has 1 saturated heterocycles. The SMILES string of the molecule is CCC(CC1CC1)N1CC(C2CC2)NCC1C(C)C. The van der Waals surface area contributed by atoms with E-state index < -0.39 is 0 Å². The van der Waals surface area contributed by atoms with Gasteiger partial charge in [-0.3, -0.25) is 4.90 Å². The maximum absolute atomic E-state index is 3.85. The van der Waals surface area contributed by atoms with Crippen molar-refractivity contribution >= 4 is 0 Å². The van der Waals surface area contributed by atoms with E-state index in [4.69, 9.17) is 0 Å². The first-order valence-electron chi connectivity index (χ1n) is 8.68. The van der Waals surface area contributed by atoms with E-state index in [1.165, 1.54) is 51.6 Å². The summed E-state index contributed by atoms with van der Waals surface area (Å²) in [5.41, 5.74) is 0. The number of hydrogen-bond donors (Lipinski definition) is 1. The van der Waals surface area contributed by atoms with Gasteiger partial charge in [0, 0.05) is 31.2 Å². The fourth-order valence-electron chi connectivity index (χ4n) is 3.94. The Balaban J connectivity index is 1.66. The van der Waals surface area contributed by atoms with Crippen LogP contribution < -0.4 is 5.32 Å². The van der Waals surface area contributed by atoms with Gasteiger partial charge >= 0.3 is 0 Å². The Morgan fingerprint density at radius 1 is 1.16 bits per heavy atom. The second-order valence-electron chi connectivity index (χ2n) is 7.60. The van der Waals surface area contributed by atoms with Crippen LogP contribution >= 0.6 is 0 Å². The highest BCUT2D eigenvalue weighted by atomic mass is 15.3. The molecule has 0 bridgehead atoms. The van der Waals surface area contributed by atoms with E-state index in [2.05, 4.69) is 31.0 Å². The van der Waals surface area contributed by atoms with Crippen molar-refractivity contribution in [2.45, 2.75) is 77.4 Å². The van der Waals surface area contributed by atoms with Crippen LogP contribution in [-0.2, 0) is 0 Å². The summed E-state index contributed by atoms with van der Waals surface area (Å²) in [7, 11) is 0. The largest absolute Gasteiger partial charge is 0.311 e. The van der Waals surface area contributed by atoms with Crippen molar-refractivity contribution in [3.63, 3.8) is 0 Å². The molecule has 2 nitrogen and oxygen atoms in total. The number of rotatable bonds is 6. The van der Waals surface area contributed by atoms with Gasteiger partial charge < -0.3 is 5.32 Å². The summed E-state index contributed by atoms with van der Waals surface area (Å²) in [4.78, 5) is 2.91. The Morgan fingerprint density at radius 3 is 2.42 bits per heavy atom. The number of piperazine rings is 1. The maximum atomic E-state index is 3.85. The molecule has 2 saturated carbocycles. The van der Waals surface area contributed by atoms with E-state index >= 15 is 0 Å². The molecule has 19 heavy (non-hydrogen) atoms. The standard InChI is InChI=1S/C17H32N2/c1-4-15(9-13-5-6-13)19-11-16(14-7-8-14)18-10-17(19)12(2)3/h12-18H,4-11H2,1-3H3. The van der Waals surface area contributed by atoms with Gasteiger partial charge in [-0.1, -0.05) is 33.6 Å². The second kappa shape index (κ2) is 5.73. The van der Waals surface area contributed by atoms with Gasteiger partial charge in [0.1, 0.15) is 0 Å². The Bertz CT molecular complexity index is 294. The highest BCUT2D eigenvalue weighted by Crippen LogP contribution is 2.39. The molecule has 1 aliphatic heterocycles. The van der Waals surface area contributed by atoms with Crippen LogP contribution in [0.3, 0.4) is 0 Å². The highest BCUT2D eigenvalue weighted by molar-refractivity contribution is 4.97. The third-order valence-electron chi connectivity index (χ3n) is 5.63. The van der Waals surface area contributed by atoms with E-state index in [0.717, 1.165) is 35.9 Å². The minimum absolute atomic E-state index is 0.763. The van der Waals surface area contributed by atoms with Crippen LogP contribution in [0, 0.1) is 17.8 Å². The lowest BCUT2D eigenvalue weighted by Crippen LogP contribution is -2.61. The molecule has 3 unspecified atom stereocenters. The average Bonchev–Trinajstić information content (AvgIpc) is 3.29. The molecule has 110 valence electrons. The first-order valence-corrected chi connectivity index (χ1v) is 8.68. The van der Waals surface area contributed by atoms with Crippen LogP contribution in [0.15, 0.2) is 0 Å². The van der Waals surface area contributed by atoms with E-state index in [-0.39, 0.29) is 0 Å². The minimum atomic E-state index is 0.763. The Morgan fingerprint density at radius 2 is 1.89 bits per heavy atom. The van der Waals surface area contributed by atoms with Gasteiger partial charge in [-0.05, 0) is 43.4 Å². The molecule has 0 spiro atoms. The fraction of sp³-hybridized carbons (Fsp3) is 1.00. The van der Waals surface area contributed by atoms with Crippen molar-refractivity contribution < 1.29 is 0 Å². The molecule has 3 fully saturated rings. The monoisotopic (exact) mass is 264 g/mol. The van der Waals surface area contributed by atoms with Crippen molar-refractivity contribution in [1.29, 1.82) is 0 Å². The normalized spacial score (nSPS) is 34.7. The first-order chi connectivity index (χ1) is 9.19. The second-order valence-corrected chi connectivity index (χ2v) is 7.60. The fourth-order valence-corrected chi connectivity index (χ4v) is 3.94. The van der Waals surface area contributed by atoms with Gasteiger partial charge in [0.25, 0.3) is 0 Å². The van der Waals surface area contributed by atoms with Crippen molar-refractivity contribution in [1.82, 2.24) is 10.2 Å². The molecule has 1 heterocycles. The quantitative estimate of drug-likeness (QED) is 0.792. The van der Waals surface area contributed by atoms with Crippen LogP contribution in [-0.4, -0.2) is 36.1 Å². The van der Waals surface area contributed by atoms with Gasteiger partial charge in [0.15, 0.2) is 0 Å². The predicted octanol–water partition coefficient (Wildman–Crippen LogP) is 3.27. The van der Waals surface area contributed by atoms with Gasteiger partial charge in [0.05, 0.1) is 0 Å². The zero-order valence-corrected chi connectivity index (χ0v) is 13.1. The lowest BCUT2D eigenvalue weighted by atomic mass is 9.92. The van der Waals surface area contributed by atoms with Gasteiger partial charge in [0.2, 0.25) is 0 Å². The van der Waals surface area contributed by atoms with E-state index in [0.29, 0.717) is 0 Å². The number of nitrogens with one attached hydrogen (secondary N) is 1. The molecule has 3 aliphatic rings. The Hall–Kier alpha value is -0.0800.